The molecule has 5 heteroatoms. The molecule has 0 unspecified atom stereocenters. The Balaban J connectivity index is 1.84. The molecule has 0 amide bonds. The van der Waals surface area contributed by atoms with Crippen molar-refractivity contribution in [2.24, 2.45) is 0 Å². The van der Waals surface area contributed by atoms with E-state index >= 15 is 0 Å². The van der Waals surface area contributed by atoms with Crippen molar-refractivity contribution in [3.8, 4) is 0 Å². The quantitative estimate of drug-likeness (QED) is 0.754. The van der Waals surface area contributed by atoms with Crippen LogP contribution in [0, 0.1) is 0 Å². The van der Waals surface area contributed by atoms with E-state index in [1.807, 2.05) is 38.1 Å². The van der Waals surface area contributed by atoms with Crippen LogP contribution in [0.3, 0.4) is 0 Å². The smallest absolute Gasteiger partial charge is 0.166 e. The van der Waals surface area contributed by atoms with Crippen molar-refractivity contribution in [1.82, 2.24) is 9.97 Å². The number of ether oxygens (including phenoxy) is 2. The number of para-hydroxylation sites is 2. The van der Waals surface area contributed by atoms with E-state index in [0.717, 1.165) is 28.4 Å². The molecule has 0 atom stereocenters. The van der Waals surface area contributed by atoms with Gasteiger partial charge >= 0.3 is 0 Å². The lowest BCUT2D eigenvalue weighted by atomic mass is 10.3. The van der Waals surface area contributed by atoms with E-state index in [1.165, 1.54) is 0 Å². The van der Waals surface area contributed by atoms with Crippen LogP contribution in [0.2, 0.25) is 0 Å². The first kappa shape index (κ1) is 14.4. The molecule has 0 fully saturated rings. The SMILES string of the molecule is CCOC(CSCc1nc2ccccc2[nH]1)OCC. The van der Waals surface area contributed by atoms with Crippen LogP contribution in [0.15, 0.2) is 24.3 Å². The highest BCUT2D eigenvalue weighted by Crippen LogP contribution is 2.16. The molecule has 0 saturated heterocycles. The van der Waals surface area contributed by atoms with Gasteiger partial charge < -0.3 is 14.5 Å². The predicted octanol–water partition coefficient (Wildman–Crippen LogP) is 3.20. The van der Waals surface area contributed by atoms with Crippen molar-refractivity contribution in [2.75, 3.05) is 19.0 Å². The minimum atomic E-state index is -0.121. The summed E-state index contributed by atoms with van der Waals surface area (Å²) in [5.74, 6) is 2.65. The third-order valence-corrected chi connectivity index (χ3v) is 3.62. The molecule has 0 radical (unpaired) electrons. The number of hydrogen-bond donors (Lipinski definition) is 1. The second-order valence-corrected chi connectivity index (χ2v) is 5.09. The lowest BCUT2D eigenvalue weighted by Crippen LogP contribution is -2.20. The summed E-state index contributed by atoms with van der Waals surface area (Å²) in [6.07, 6.45) is -0.121. The van der Waals surface area contributed by atoms with Crippen LogP contribution < -0.4 is 0 Å². The van der Waals surface area contributed by atoms with Crippen LogP contribution in [0.5, 0.6) is 0 Å². The van der Waals surface area contributed by atoms with Crippen molar-refractivity contribution in [3.63, 3.8) is 0 Å². The summed E-state index contributed by atoms with van der Waals surface area (Å²) in [6.45, 7) is 5.32. The Morgan fingerprint density at radius 1 is 1.21 bits per heavy atom. The minimum absolute atomic E-state index is 0.121. The van der Waals surface area contributed by atoms with E-state index in [-0.39, 0.29) is 6.29 Å². The first-order valence-corrected chi connectivity index (χ1v) is 7.73. The van der Waals surface area contributed by atoms with Crippen LogP contribution in [0.25, 0.3) is 11.0 Å². The summed E-state index contributed by atoms with van der Waals surface area (Å²) in [7, 11) is 0. The van der Waals surface area contributed by atoms with Gasteiger partial charge in [-0.05, 0) is 26.0 Å². The van der Waals surface area contributed by atoms with Gasteiger partial charge in [-0.2, -0.15) is 0 Å². The van der Waals surface area contributed by atoms with Crippen molar-refractivity contribution in [3.05, 3.63) is 30.1 Å². The molecule has 19 heavy (non-hydrogen) atoms. The lowest BCUT2D eigenvalue weighted by Gasteiger charge is -2.15. The number of rotatable bonds is 8. The molecule has 104 valence electrons. The average Bonchev–Trinajstić information content (AvgIpc) is 2.82. The maximum atomic E-state index is 5.51. The van der Waals surface area contributed by atoms with Crippen LogP contribution in [-0.4, -0.2) is 35.2 Å². The molecule has 0 spiro atoms. The first-order valence-electron chi connectivity index (χ1n) is 6.58. The molecule has 1 heterocycles. The normalized spacial score (nSPS) is 11.5. The van der Waals surface area contributed by atoms with Gasteiger partial charge in [0, 0.05) is 19.0 Å². The van der Waals surface area contributed by atoms with Gasteiger partial charge in [0.25, 0.3) is 0 Å². The second-order valence-electron chi connectivity index (χ2n) is 4.06. The molecular formula is C14H20N2O2S. The Labute approximate surface area is 117 Å². The molecule has 1 aromatic heterocycles. The highest BCUT2D eigenvalue weighted by atomic mass is 32.2. The van der Waals surface area contributed by atoms with E-state index < -0.39 is 0 Å². The van der Waals surface area contributed by atoms with Crippen molar-refractivity contribution in [2.45, 2.75) is 25.9 Å². The summed E-state index contributed by atoms with van der Waals surface area (Å²) in [5, 5.41) is 0. The van der Waals surface area contributed by atoms with Crippen molar-refractivity contribution >= 4 is 22.8 Å². The molecule has 2 rings (SSSR count). The topological polar surface area (TPSA) is 47.1 Å². The van der Waals surface area contributed by atoms with E-state index in [2.05, 4.69) is 9.97 Å². The fourth-order valence-electron chi connectivity index (χ4n) is 1.84. The molecule has 0 aliphatic heterocycles. The number of fused-ring (bicyclic) bond motifs is 1. The number of imidazole rings is 1. The minimum Gasteiger partial charge on any atom is -0.352 e. The van der Waals surface area contributed by atoms with E-state index in [4.69, 9.17) is 9.47 Å². The van der Waals surface area contributed by atoms with E-state index in [0.29, 0.717) is 13.2 Å². The zero-order valence-corrected chi connectivity index (χ0v) is 12.2. The highest BCUT2D eigenvalue weighted by molar-refractivity contribution is 7.98. The van der Waals surface area contributed by atoms with Crippen LogP contribution in [-0.2, 0) is 15.2 Å². The zero-order chi connectivity index (χ0) is 13.5. The fourth-order valence-corrected chi connectivity index (χ4v) is 2.67. The summed E-state index contributed by atoms with van der Waals surface area (Å²) in [5.41, 5.74) is 2.11. The first-order chi connectivity index (χ1) is 9.33. The van der Waals surface area contributed by atoms with Gasteiger partial charge in [0.15, 0.2) is 6.29 Å². The molecule has 1 aromatic carbocycles. The predicted molar refractivity (Wildman–Crippen MR) is 79.3 cm³/mol. The van der Waals surface area contributed by atoms with Gasteiger partial charge in [-0.3, -0.25) is 0 Å². The Bertz CT molecular complexity index is 462. The largest absolute Gasteiger partial charge is 0.352 e. The standard InChI is InChI=1S/C14H20N2O2S/c1-3-17-14(18-4-2)10-19-9-13-15-11-7-5-6-8-12(11)16-13/h5-8,14H,3-4,9-10H2,1-2H3,(H,15,16). The van der Waals surface area contributed by atoms with Crippen molar-refractivity contribution in [1.29, 1.82) is 0 Å². The number of H-pyrrole nitrogens is 1. The maximum Gasteiger partial charge on any atom is 0.166 e. The van der Waals surface area contributed by atoms with Gasteiger partial charge in [0.1, 0.15) is 5.82 Å². The van der Waals surface area contributed by atoms with Crippen molar-refractivity contribution < 1.29 is 9.47 Å². The molecular weight excluding hydrogens is 260 g/mol. The van der Waals surface area contributed by atoms with Gasteiger partial charge in [-0.25, -0.2) is 4.98 Å². The van der Waals surface area contributed by atoms with Gasteiger partial charge in [0.05, 0.1) is 16.8 Å². The molecule has 2 aromatic rings. The molecule has 0 bridgehead atoms. The number of nitrogens with zero attached hydrogens (tertiary/aromatic N) is 1. The Morgan fingerprint density at radius 2 is 1.95 bits per heavy atom. The highest BCUT2D eigenvalue weighted by Gasteiger charge is 2.09. The Morgan fingerprint density at radius 3 is 2.63 bits per heavy atom. The molecule has 1 N–H and O–H groups in total. The average molecular weight is 280 g/mol. The third kappa shape index (κ3) is 4.23. The summed E-state index contributed by atoms with van der Waals surface area (Å²) in [4.78, 5) is 7.86. The molecule has 0 aliphatic carbocycles. The number of aromatic nitrogens is 2. The lowest BCUT2D eigenvalue weighted by molar-refractivity contribution is -0.120. The number of benzene rings is 1. The monoisotopic (exact) mass is 280 g/mol. The van der Waals surface area contributed by atoms with Gasteiger partial charge in [-0.15, -0.1) is 11.8 Å². The van der Waals surface area contributed by atoms with Crippen LogP contribution in [0.4, 0.5) is 0 Å². The number of nitrogens with one attached hydrogen (secondary N) is 1. The summed E-state index contributed by atoms with van der Waals surface area (Å²) < 4.78 is 11.0. The maximum absolute atomic E-state index is 5.51. The number of hydrogen-bond acceptors (Lipinski definition) is 4. The second kappa shape index (κ2) is 7.53. The van der Waals surface area contributed by atoms with E-state index in [9.17, 15) is 0 Å². The molecule has 0 saturated carbocycles. The van der Waals surface area contributed by atoms with Crippen LogP contribution >= 0.6 is 11.8 Å². The van der Waals surface area contributed by atoms with Crippen LogP contribution in [0.1, 0.15) is 19.7 Å². The summed E-state index contributed by atoms with van der Waals surface area (Å²) >= 11 is 1.77. The fraction of sp³-hybridized carbons (Fsp3) is 0.500. The zero-order valence-electron chi connectivity index (χ0n) is 11.4. The third-order valence-electron chi connectivity index (χ3n) is 2.64. The Hall–Kier alpha value is -1.04. The number of aromatic amines is 1. The van der Waals surface area contributed by atoms with E-state index in [1.54, 1.807) is 11.8 Å². The molecule has 4 nitrogen and oxygen atoms in total. The Kier molecular flexibility index (Phi) is 5.69. The molecule has 0 aliphatic rings. The van der Waals surface area contributed by atoms with Gasteiger partial charge in [0.2, 0.25) is 0 Å². The summed E-state index contributed by atoms with van der Waals surface area (Å²) in [6, 6.07) is 8.07. The van der Waals surface area contributed by atoms with Gasteiger partial charge in [-0.1, -0.05) is 12.1 Å². The number of thioether (sulfide) groups is 1.